The molecule has 3 aromatic carbocycles. The molecule has 0 fully saturated rings. The maximum Gasteiger partial charge on any atom is 0.534 e. The van der Waals surface area contributed by atoms with Crippen LogP contribution in [0, 0.1) is 6.92 Å². The third-order valence-corrected chi connectivity index (χ3v) is 6.56. The van der Waals surface area contributed by atoms with E-state index in [0.29, 0.717) is 21.2 Å². The van der Waals surface area contributed by atoms with E-state index < -0.39 is 33.4 Å². The Balaban J connectivity index is 2.19. The van der Waals surface area contributed by atoms with Crippen molar-refractivity contribution in [3.8, 4) is 11.5 Å². The van der Waals surface area contributed by atoms with Crippen molar-refractivity contribution in [1.82, 2.24) is 0 Å². The van der Waals surface area contributed by atoms with Crippen LogP contribution in [0.3, 0.4) is 0 Å². The molecule has 36 heavy (non-hydrogen) atoms. The number of ether oxygens (including phenoxy) is 3. The minimum atomic E-state index is -6.08. The van der Waals surface area contributed by atoms with E-state index in [9.17, 15) is 26.4 Å². The number of aryl methyl sites for hydroxylation is 1. The van der Waals surface area contributed by atoms with Crippen molar-refractivity contribution in [3.05, 3.63) is 69.7 Å². The van der Waals surface area contributed by atoms with Crippen molar-refractivity contribution in [2.45, 2.75) is 32.1 Å². The molecule has 0 saturated heterocycles. The van der Waals surface area contributed by atoms with Crippen LogP contribution in [-0.4, -0.2) is 33.6 Å². The highest BCUT2D eigenvalue weighted by Crippen LogP contribution is 2.42. The van der Waals surface area contributed by atoms with E-state index in [2.05, 4.69) is 20.1 Å². The van der Waals surface area contributed by atoms with E-state index in [4.69, 9.17) is 14.2 Å². The Hall–Kier alpha value is -2.83. The fourth-order valence-electron chi connectivity index (χ4n) is 3.45. The molecule has 0 spiro atoms. The smallest absolute Gasteiger partial charge is 0.497 e. The van der Waals surface area contributed by atoms with Crippen LogP contribution >= 0.6 is 15.9 Å². The van der Waals surface area contributed by atoms with Crippen molar-refractivity contribution in [2.24, 2.45) is 0 Å². The first-order valence-corrected chi connectivity index (χ1v) is 12.7. The van der Waals surface area contributed by atoms with Gasteiger partial charge < -0.3 is 18.4 Å². The Labute approximate surface area is 214 Å². The Bertz CT molecular complexity index is 1360. The number of carbonyl (C=O) groups excluding carboxylic acids is 1. The quantitative estimate of drug-likeness (QED) is 0.172. The zero-order valence-electron chi connectivity index (χ0n) is 19.4. The van der Waals surface area contributed by atoms with Gasteiger partial charge in [0.2, 0.25) is 0 Å². The van der Waals surface area contributed by atoms with Gasteiger partial charge in [-0.2, -0.15) is 21.6 Å². The molecule has 0 aromatic heterocycles. The lowest BCUT2D eigenvalue weighted by molar-refractivity contribution is -0.158. The predicted molar refractivity (Wildman–Crippen MR) is 129 cm³/mol. The van der Waals surface area contributed by atoms with Crippen LogP contribution in [0.5, 0.6) is 11.5 Å². The van der Waals surface area contributed by atoms with Crippen LogP contribution < -0.4 is 8.92 Å². The standard InChI is InChI=1S/C24H22BrF3O7S/c1-4-33-23(29)22(34-13-15-5-9-18(32-3)10-6-15)20-14(2)11-16-7-8-17(25)12-19(16)21(20)35-36(30,31)24(26,27)28/h5-12,22H,4,13H2,1-3H3. The van der Waals surface area contributed by atoms with Crippen molar-refractivity contribution in [2.75, 3.05) is 13.7 Å². The Morgan fingerprint density at radius 2 is 1.75 bits per heavy atom. The van der Waals surface area contributed by atoms with E-state index in [-0.39, 0.29) is 29.7 Å². The van der Waals surface area contributed by atoms with Crippen molar-refractivity contribution in [3.63, 3.8) is 0 Å². The molecule has 0 aliphatic rings. The summed E-state index contributed by atoms with van der Waals surface area (Å²) in [5.74, 6) is -1.00. The zero-order chi connectivity index (χ0) is 26.7. The molecule has 0 radical (unpaired) electrons. The molecule has 1 unspecified atom stereocenters. The Kier molecular flexibility index (Phi) is 8.52. The number of benzene rings is 3. The molecule has 0 heterocycles. The van der Waals surface area contributed by atoms with Crippen LogP contribution in [0.15, 0.2) is 53.0 Å². The average Bonchev–Trinajstić information content (AvgIpc) is 2.80. The third kappa shape index (κ3) is 6.11. The Morgan fingerprint density at radius 3 is 2.33 bits per heavy atom. The second kappa shape index (κ2) is 11.1. The van der Waals surface area contributed by atoms with Gasteiger partial charge in [0.25, 0.3) is 0 Å². The van der Waals surface area contributed by atoms with Gasteiger partial charge in [-0.25, -0.2) is 4.79 Å². The summed E-state index contributed by atoms with van der Waals surface area (Å²) in [6, 6.07) is 12.9. The van der Waals surface area contributed by atoms with Crippen LogP contribution in [0.4, 0.5) is 13.2 Å². The number of esters is 1. The minimum Gasteiger partial charge on any atom is -0.497 e. The largest absolute Gasteiger partial charge is 0.534 e. The van der Waals surface area contributed by atoms with E-state index >= 15 is 0 Å². The van der Waals surface area contributed by atoms with Crippen LogP contribution in [0.1, 0.15) is 29.7 Å². The van der Waals surface area contributed by atoms with E-state index in [1.165, 1.54) is 20.1 Å². The van der Waals surface area contributed by atoms with Crippen LogP contribution in [0.2, 0.25) is 0 Å². The first-order chi connectivity index (χ1) is 16.9. The van der Waals surface area contributed by atoms with Gasteiger partial charge in [-0.3, -0.25) is 0 Å². The van der Waals surface area contributed by atoms with Gasteiger partial charge >= 0.3 is 21.6 Å². The molecule has 0 bridgehead atoms. The molecule has 0 aliphatic carbocycles. The highest BCUT2D eigenvalue weighted by molar-refractivity contribution is 9.10. The molecule has 0 aliphatic heterocycles. The number of methoxy groups -OCH3 is 1. The Morgan fingerprint density at radius 1 is 1.08 bits per heavy atom. The lowest BCUT2D eigenvalue weighted by Crippen LogP contribution is -2.29. The molecule has 3 aromatic rings. The summed E-state index contributed by atoms with van der Waals surface area (Å²) in [6.07, 6.45) is -1.59. The summed E-state index contributed by atoms with van der Waals surface area (Å²) < 4.78 is 85.1. The van der Waals surface area contributed by atoms with Gasteiger partial charge in [0.15, 0.2) is 11.9 Å². The van der Waals surface area contributed by atoms with Crippen molar-refractivity contribution >= 4 is 42.8 Å². The van der Waals surface area contributed by atoms with E-state index in [1.54, 1.807) is 49.4 Å². The summed E-state index contributed by atoms with van der Waals surface area (Å²) in [5, 5.41) is 0.421. The molecular formula is C24H22BrF3O7S. The van der Waals surface area contributed by atoms with Gasteiger partial charge in [0.05, 0.1) is 20.3 Å². The second-order valence-electron chi connectivity index (χ2n) is 7.58. The van der Waals surface area contributed by atoms with Crippen LogP contribution in [-0.2, 0) is 31.0 Å². The van der Waals surface area contributed by atoms with Gasteiger partial charge in [-0.1, -0.05) is 40.2 Å². The summed E-state index contributed by atoms with van der Waals surface area (Å²) >= 11 is 3.23. The monoisotopic (exact) mass is 590 g/mol. The van der Waals surface area contributed by atoms with Gasteiger partial charge in [-0.15, -0.1) is 0 Å². The number of fused-ring (bicyclic) bond motifs is 1. The maximum absolute atomic E-state index is 13.3. The van der Waals surface area contributed by atoms with Gasteiger partial charge in [0, 0.05) is 15.4 Å². The number of rotatable bonds is 9. The van der Waals surface area contributed by atoms with E-state index in [0.717, 1.165) is 0 Å². The van der Waals surface area contributed by atoms with Crippen LogP contribution in [0.25, 0.3) is 10.8 Å². The number of hydrogen-bond donors (Lipinski definition) is 0. The third-order valence-electron chi connectivity index (χ3n) is 5.12. The molecule has 3 rings (SSSR count). The SMILES string of the molecule is CCOC(=O)C(OCc1ccc(OC)cc1)c1c(C)cc2ccc(Br)cc2c1OS(=O)(=O)C(F)(F)F. The number of alkyl halides is 3. The fourth-order valence-corrected chi connectivity index (χ4v) is 4.30. The molecule has 0 saturated carbocycles. The minimum absolute atomic E-state index is 0.0279. The summed E-state index contributed by atoms with van der Waals surface area (Å²) in [6.45, 7) is 2.87. The predicted octanol–water partition coefficient (Wildman–Crippen LogP) is 5.97. The molecule has 1 atom stereocenters. The highest BCUT2D eigenvalue weighted by atomic mass is 79.9. The maximum atomic E-state index is 13.3. The molecule has 194 valence electrons. The lowest BCUT2D eigenvalue weighted by atomic mass is 9.96. The van der Waals surface area contributed by atoms with Gasteiger partial charge in [-0.05, 0) is 54.6 Å². The number of halogens is 4. The van der Waals surface area contributed by atoms with Crippen molar-refractivity contribution < 1.29 is 44.8 Å². The zero-order valence-corrected chi connectivity index (χ0v) is 21.8. The summed E-state index contributed by atoms with van der Waals surface area (Å²) in [7, 11) is -4.58. The molecule has 12 heteroatoms. The first kappa shape index (κ1) is 27.8. The number of hydrogen-bond acceptors (Lipinski definition) is 7. The highest BCUT2D eigenvalue weighted by Gasteiger charge is 2.49. The fraction of sp³-hybridized carbons (Fsp3) is 0.292. The molecular weight excluding hydrogens is 569 g/mol. The van der Waals surface area contributed by atoms with E-state index in [1.807, 2.05) is 0 Å². The lowest BCUT2D eigenvalue weighted by Gasteiger charge is -2.23. The normalized spacial score (nSPS) is 12.9. The topological polar surface area (TPSA) is 88.1 Å². The summed E-state index contributed by atoms with van der Waals surface area (Å²) in [4.78, 5) is 12.9. The first-order valence-electron chi connectivity index (χ1n) is 10.5. The van der Waals surface area contributed by atoms with Crippen molar-refractivity contribution in [1.29, 1.82) is 0 Å². The summed E-state index contributed by atoms with van der Waals surface area (Å²) in [5.41, 5.74) is -5.00. The van der Waals surface area contributed by atoms with Gasteiger partial charge in [0.1, 0.15) is 5.75 Å². The molecule has 0 amide bonds. The number of carbonyl (C=O) groups is 1. The second-order valence-corrected chi connectivity index (χ2v) is 10.0. The molecule has 0 N–H and O–H groups in total. The average molecular weight is 591 g/mol. The molecule has 7 nitrogen and oxygen atoms in total.